The Labute approximate surface area is 180 Å². The number of carbonyl (C=O) groups excluding carboxylic acids is 1. The summed E-state index contributed by atoms with van der Waals surface area (Å²) in [5, 5.41) is 15.5. The smallest absolute Gasteiger partial charge is 0.410 e. The minimum absolute atomic E-state index is 0.371. The quantitative estimate of drug-likeness (QED) is 0.511. The summed E-state index contributed by atoms with van der Waals surface area (Å²) in [5.41, 5.74) is -0.683. The van der Waals surface area contributed by atoms with E-state index < -0.39 is 11.2 Å². The molecule has 0 bridgehead atoms. The standard InChI is InChI=1S/C23H27NO3S2/c1-22(2,3)27-21(25)24(17-18-9-5-4-6-10-18)14-13-23(26,19-11-7-15-28-19)20-12-8-16-29-20/h4-12,15-16,26H,13-14,17H2,1-3H3. The number of hydrogen-bond donors (Lipinski definition) is 1. The molecule has 0 fully saturated rings. The Balaban J connectivity index is 1.83. The summed E-state index contributed by atoms with van der Waals surface area (Å²) >= 11 is 3.05. The molecule has 0 saturated heterocycles. The molecule has 154 valence electrons. The lowest BCUT2D eigenvalue weighted by Gasteiger charge is -2.31. The third-order valence-corrected chi connectivity index (χ3v) is 6.51. The molecule has 0 aliphatic heterocycles. The lowest BCUT2D eigenvalue weighted by molar-refractivity contribution is 0.0145. The number of nitrogens with zero attached hydrogens (tertiary/aromatic N) is 1. The van der Waals surface area contributed by atoms with E-state index in [1.165, 1.54) is 22.7 Å². The second-order valence-electron chi connectivity index (χ2n) is 7.95. The predicted molar refractivity (Wildman–Crippen MR) is 119 cm³/mol. The molecule has 0 aliphatic carbocycles. The number of benzene rings is 1. The van der Waals surface area contributed by atoms with E-state index >= 15 is 0 Å². The van der Waals surface area contributed by atoms with Crippen LogP contribution in [0, 0.1) is 0 Å². The first-order chi connectivity index (χ1) is 13.8. The van der Waals surface area contributed by atoms with Gasteiger partial charge in [-0.1, -0.05) is 42.5 Å². The minimum atomic E-state index is -1.13. The highest BCUT2D eigenvalue weighted by atomic mass is 32.1. The van der Waals surface area contributed by atoms with Gasteiger partial charge in [-0.15, -0.1) is 22.7 Å². The van der Waals surface area contributed by atoms with Crippen LogP contribution in [0.4, 0.5) is 4.79 Å². The molecule has 6 heteroatoms. The van der Waals surface area contributed by atoms with Crippen LogP contribution in [0.25, 0.3) is 0 Å². The summed E-state index contributed by atoms with van der Waals surface area (Å²) in [4.78, 5) is 16.3. The molecule has 1 amide bonds. The summed E-state index contributed by atoms with van der Waals surface area (Å²) in [5.74, 6) is 0. The van der Waals surface area contributed by atoms with Crippen LogP contribution >= 0.6 is 22.7 Å². The Morgan fingerprint density at radius 3 is 2.03 bits per heavy atom. The summed E-state index contributed by atoms with van der Waals surface area (Å²) in [7, 11) is 0. The summed E-state index contributed by atoms with van der Waals surface area (Å²) < 4.78 is 5.63. The zero-order chi connectivity index (χ0) is 20.9. The number of carbonyl (C=O) groups is 1. The van der Waals surface area contributed by atoms with Crippen molar-refractivity contribution in [2.75, 3.05) is 6.54 Å². The van der Waals surface area contributed by atoms with Crippen molar-refractivity contribution in [3.8, 4) is 0 Å². The number of thiophene rings is 2. The highest BCUT2D eigenvalue weighted by Gasteiger charge is 2.35. The average Bonchev–Trinajstić information content (AvgIpc) is 3.38. The lowest BCUT2D eigenvalue weighted by atomic mass is 9.95. The van der Waals surface area contributed by atoms with Crippen molar-refractivity contribution in [1.82, 2.24) is 4.90 Å². The van der Waals surface area contributed by atoms with Gasteiger partial charge < -0.3 is 14.7 Å². The maximum Gasteiger partial charge on any atom is 0.410 e. The Kier molecular flexibility index (Phi) is 6.77. The summed E-state index contributed by atoms with van der Waals surface area (Å²) in [6.07, 6.45) is 0.0150. The van der Waals surface area contributed by atoms with E-state index in [1.54, 1.807) is 4.90 Å². The maximum atomic E-state index is 12.9. The van der Waals surface area contributed by atoms with Gasteiger partial charge in [-0.2, -0.15) is 0 Å². The third-order valence-electron chi connectivity index (χ3n) is 4.47. The van der Waals surface area contributed by atoms with Crippen molar-refractivity contribution in [3.05, 3.63) is 80.7 Å². The fourth-order valence-electron chi connectivity index (χ4n) is 3.06. The monoisotopic (exact) mass is 429 g/mol. The molecule has 29 heavy (non-hydrogen) atoms. The molecule has 3 rings (SSSR count). The fraction of sp³-hybridized carbons (Fsp3) is 0.348. The van der Waals surface area contributed by atoms with Gasteiger partial charge in [0.25, 0.3) is 0 Å². The molecular formula is C23H27NO3S2. The Morgan fingerprint density at radius 2 is 1.55 bits per heavy atom. The number of amides is 1. The number of hydrogen-bond acceptors (Lipinski definition) is 5. The van der Waals surface area contributed by atoms with E-state index in [9.17, 15) is 9.90 Å². The van der Waals surface area contributed by atoms with Crippen LogP contribution in [0.3, 0.4) is 0 Å². The molecule has 1 aromatic carbocycles. The molecule has 0 spiro atoms. The van der Waals surface area contributed by atoms with E-state index in [0.29, 0.717) is 19.5 Å². The maximum absolute atomic E-state index is 12.9. The summed E-state index contributed by atoms with van der Waals surface area (Å²) in [6, 6.07) is 17.6. The largest absolute Gasteiger partial charge is 0.444 e. The van der Waals surface area contributed by atoms with Gasteiger partial charge in [0.1, 0.15) is 11.2 Å². The highest BCUT2D eigenvalue weighted by Crippen LogP contribution is 2.38. The van der Waals surface area contributed by atoms with Crippen LogP contribution in [0.5, 0.6) is 0 Å². The zero-order valence-electron chi connectivity index (χ0n) is 17.0. The minimum Gasteiger partial charge on any atom is -0.444 e. The van der Waals surface area contributed by atoms with Crippen LogP contribution in [0.2, 0.25) is 0 Å². The molecule has 2 heterocycles. The van der Waals surface area contributed by atoms with Gasteiger partial charge in [0.15, 0.2) is 0 Å². The van der Waals surface area contributed by atoms with Crippen LogP contribution in [0.1, 0.15) is 42.5 Å². The van der Waals surface area contributed by atoms with Crippen LogP contribution in [-0.2, 0) is 16.9 Å². The molecular weight excluding hydrogens is 402 g/mol. The molecule has 4 nitrogen and oxygen atoms in total. The van der Waals surface area contributed by atoms with E-state index in [0.717, 1.165) is 15.3 Å². The van der Waals surface area contributed by atoms with Gasteiger partial charge in [0.05, 0.1) is 0 Å². The normalized spacial score (nSPS) is 12.0. The highest BCUT2D eigenvalue weighted by molar-refractivity contribution is 7.11. The molecule has 2 aromatic heterocycles. The first-order valence-corrected chi connectivity index (χ1v) is 11.4. The van der Waals surface area contributed by atoms with E-state index in [2.05, 4.69) is 0 Å². The van der Waals surface area contributed by atoms with Crippen molar-refractivity contribution in [1.29, 1.82) is 0 Å². The fourth-order valence-corrected chi connectivity index (χ4v) is 4.86. The Bertz CT molecular complexity index is 850. The van der Waals surface area contributed by atoms with Crippen molar-refractivity contribution in [3.63, 3.8) is 0 Å². The van der Waals surface area contributed by atoms with Gasteiger partial charge in [0, 0.05) is 29.3 Å². The van der Waals surface area contributed by atoms with E-state index in [4.69, 9.17) is 4.74 Å². The predicted octanol–water partition coefficient (Wildman–Crippen LogP) is 5.87. The Hall–Kier alpha value is -2.15. The van der Waals surface area contributed by atoms with Crippen LogP contribution in [0.15, 0.2) is 65.4 Å². The number of ether oxygens (including phenoxy) is 1. The molecule has 0 radical (unpaired) electrons. The first-order valence-electron chi connectivity index (χ1n) is 9.60. The molecule has 0 unspecified atom stereocenters. The van der Waals surface area contributed by atoms with Gasteiger partial charge in [-0.3, -0.25) is 0 Å². The van der Waals surface area contributed by atoms with Crippen molar-refractivity contribution < 1.29 is 14.6 Å². The van der Waals surface area contributed by atoms with Gasteiger partial charge in [-0.25, -0.2) is 4.79 Å². The lowest BCUT2D eigenvalue weighted by Crippen LogP contribution is -2.39. The second kappa shape index (κ2) is 9.11. The summed E-state index contributed by atoms with van der Waals surface area (Å²) in [6.45, 7) is 6.38. The first kappa shape index (κ1) is 21.6. The molecule has 0 saturated carbocycles. The van der Waals surface area contributed by atoms with Crippen LogP contribution < -0.4 is 0 Å². The average molecular weight is 430 g/mol. The molecule has 0 atom stereocenters. The molecule has 3 aromatic rings. The van der Waals surface area contributed by atoms with Crippen LogP contribution in [-0.4, -0.2) is 28.2 Å². The number of aliphatic hydroxyl groups is 1. The molecule has 1 N–H and O–H groups in total. The topological polar surface area (TPSA) is 49.8 Å². The van der Waals surface area contributed by atoms with E-state index in [1.807, 2.05) is 86.1 Å². The third kappa shape index (κ3) is 5.69. The van der Waals surface area contributed by atoms with Crippen molar-refractivity contribution in [2.45, 2.75) is 44.9 Å². The Morgan fingerprint density at radius 1 is 0.966 bits per heavy atom. The van der Waals surface area contributed by atoms with Crippen molar-refractivity contribution in [2.24, 2.45) is 0 Å². The van der Waals surface area contributed by atoms with E-state index in [-0.39, 0.29) is 6.09 Å². The van der Waals surface area contributed by atoms with Gasteiger partial charge in [-0.05, 0) is 49.2 Å². The van der Waals surface area contributed by atoms with Gasteiger partial charge >= 0.3 is 6.09 Å². The SMILES string of the molecule is CC(C)(C)OC(=O)N(CCC(O)(c1cccs1)c1cccs1)Cc1ccccc1. The van der Waals surface area contributed by atoms with Gasteiger partial charge in [0.2, 0.25) is 0 Å². The van der Waals surface area contributed by atoms with Crippen molar-refractivity contribution >= 4 is 28.8 Å². The zero-order valence-corrected chi connectivity index (χ0v) is 18.6. The molecule has 0 aliphatic rings. The number of rotatable bonds is 7. The second-order valence-corrected chi connectivity index (χ2v) is 9.85.